The molecule has 58 heavy (non-hydrogen) atoms. The largest absolute Gasteiger partial charge is 0.419 e. The van der Waals surface area contributed by atoms with Crippen molar-refractivity contribution in [3.05, 3.63) is 87.7 Å². The number of hydrogen-bond donors (Lipinski definition) is 2. The van der Waals surface area contributed by atoms with E-state index < -0.39 is 47.1 Å². The zero-order valence-electron chi connectivity index (χ0n) is 32.0. The van der Waals surface area contributed by atoms with Crippen LogP contribution >= 0.6 is 0 Å². The van der Waals surface area contributed by atoms with E-state index in [1.807, 2.05) is 24.3 Å². The number of imide groups is 2. The van der Waals surface area contributed by atoms with Crippen molar-refractivity contribution >= 4 is 40.9 Å². The van der Waals surface area contributed by atoms with Gasteiger partial charge in [0.05, 0.1) is 28.6 Å². The number of halogens is 3. The summed E-state index contributed by atoms with van der Waals surface area (Å²) in [7, 11) is 1.73. The van der Waals surface area contributed by atoms with Gasteiger partial charge in [-0.1, -0.05) is 0 Å². The molecule has 0 radical (unpaired) electrons. The van der Waals surface area contributed by atoms with E-state index in [0.717, 1.165) is 60.3 Å². The summed E-state index contributed by atoms with van der Waals surface area (Å²) < 4.78 is 40.4. The number of fused-ring (bicyclic) bond motifs is 2. The lowest BCUT2D eigenvalue weighted by Gasteiger charge is -2.36. The second-order valence-corrected chi connectivity index (χ2v) is 16.0. The third-order valence-electron chi connectivity index (χ3n) is 12.4. The molecule has 5 aliphatic rings. The molecule has 0 bridgehead atoms. The highest BCUT2D eigenvalue weighted by molar-refractivity contribution is 6.23. The van der Waals surface area contributed by atoms with E-state index in [1.54, 1.807) is 24.1 Å². The minimum atomic E-state index is -4.68. The monoisotopic (exact) mass is 796 g/mol. The van der Waals surface area contributed by atoms with Gasteiger partial charge in [0.25, 0.3) is 17.7 Å². The van der Waals surface area contributed by atoms with E-state index in [-0.39, 0.29) is 30.8 Å². The predicted octanol–water partition coefficient (Wildman–Crippen LogP) is 4.78. The molecule has 2 aromatic carbocycles. The van der Waals surface area contributed by atoms with E-state index >= 15 is 0 Å². The molecule has 3 aromatic rings. The Morgan fingerprint density at radius 1 is 0.931 bits per heavy atom. The molecule has 2 saturated heterocycles. The highest BCUT2D eigenvalue weighted by atomic mass is 19.4. The molecule has 5 heterocycles. The Bertz CT molecular complexity index is 2160. The zero-order chi connectivity index (χ0) is 40.9. The lowest BCUT2D eigenvalue weighted by Crippen LogP contribution is -2.54. The topological polar surface area (TPSA) is 159 Å². The number of rotatable bonds is 8. The summed E-state index contributed by atoms with van der Waals surface area (Å²) in [6, 6.07) is 12.7. The van der Waals surface area contributed by atoms with Crippen molar-refractivity contribution in [2.45, 2.75) is 88.8 Å². The molecular weight excluding hydrogens is 754 g/mol. The number of hydrogen-bond acceptors (Lipinski definition) is 10. The number of carbonyl (C=O) groups is 5. The van der Waals surface area contributed by atoms with Crippen LogP contribution in [-0.4, -0.2) is 89.1 Å². The molecule has 1 aromatic heterocycles. The van der Waals surface area contributed by atoms with Crippen molar-refractivity contribution in [3.8, 4) is 6.07 Å². The lowest BCUT2D eigenvalue weighted by atomic mass is 9.90. The smallest absolute Gasteiger partial charge is 0.372 e. The number of nitrogens with one attached hydrogen (secondary N) is 2. The molecule has 1 saturated carbocycles. The molecule has 1 aliphatic carbocycles. The normalized spacial score (nSPS) is 22.7. The summed E-state index contributed by atoms with van der Waals surface area (Å²) in [5, 5.41) is 14.4. The fourth-order valence-corrected chi connectivity index (χ4v) is 9.17. The molecule has 302 valence electrons. The third-order valence-corrected chi connectivity index (χ3v) is 12.4. The summed E-state index contributed by atoms with van der Waals surface area (Å²) in [4.78, 5) is 75.0. The van der Waals surface area contributed by atoms with Crippen LogP contribution in [0.1, 0.15) is 105 Å². The molecule has 8 rings (SSSR count). The maximum absolute atomic E-state index is 13.5. The van der Waals surface area contributed by atoms with Crippen LogP contribution in [-0.2, 0) is 28.9 Å². The first-order valence-electron chi connectivity index (χ1n) is 19.7. The molecule has 1 atom stereocenters. The number of aromatic nitrogens is 1. The zero-order valence-corrected chi connectivity index (χ0v) is 32.0. The van der Waals surface area contributed by atoms with Crippen LogP contribution in [0.4, 0.5) is 24.5 Å². The Labute approximate surface area is 333 Å². The highest BCUT2D eigenvalue weighted by Crippen LogP contribution is 2.36. The third kappa shape index (κ3) is 7.62. The Morgan fingerprint density at radius 3 is 2.16 bits per heavy atom. The Kier molecular flexibility index (Phi) is 10.4. The van der Waals surface area contributed by atoms with Gasteiger partial charge in [0.2, 0.25) is 11.8 Å². The maximum Gasteiger partial charge on any atom is 0.419 e. The van der Waals surface area contributed by atoms with Gasteiger partial charge in [-0.05, 0) is 104 Å². The first-order valence-corrected chi connectivity index (χ1v) is 19.7. The Hall–Kier alpha value is -5.82. The number of piperidine rings is 2. The minimum absolute atomic E-state index is 0.0273. The number of carbonyl (C=O) groups excluding carboxylic acids is 5. The molecule has 5 amide bonds. The van der Waals surface area contributed by atoms with Crippen LogP contribution in [0.3, 0.4) is 0 Å². The highest BCUT2D eigenvalue weighted by Gasteiger charge is 2.45. The summed E-state index contributed by atoms with van der Waals surface area (Å²) >= 11 is 0. The van der Waals surface area contributed by atoms with Gasteiger partial charge in [-0.25, -0.2) is 4.98 Å². The average Bonchev–Trinajstić information content (AvgIpc) is 3.72. The van der Waals surface area contributed by atoms with Gasteiger partial charge >= 0.3 is 6.18 Å². The number of pyridine rings is 1. The van der Waals surface area contributed by atoms with Gasteiger partial charge < -0.3 is 15.1 Å². The number of nitrogens with zero attached hydrogens (tertiary/aromatic N) is 6. The number of benzene rings is 2. The van der Waals surface area contributed by atoms with Crippen LogP contribution < -0.4 is 20.4 Å². The van der Waals surface area contributed by atoms with Gasteiger partial charge in [-0.3, -0.25) is 39.1 Å². The number of alkyl halides is 3. The van der Waals surface area contributed by atoms with Crippen LogP contribution in [0, 0.1) is 17.2 Å². The van der Waals surface area contributed by atoms with Crippen LogP contribution in [0.25, 0.3) is 0 Å². The molecule has 1 unspecified atom stereocenters. The van der Waals surface area contributed by atoms with Crippen molar-refractivity contribution in [1.82, 2.24) is 25.4 Å². The number of amides is 5. The van der Waals surface area contributed by atoms with Crippen LogP contribution in [0.5, 0.6) is 0 Å². The van der Waals surface area contributed by atoms with Gasteiger partial charge in [-0.2, -0.15) is 18.4 Å². The summed E-state index contributed by atoms with van der Waals surface area (Å²) in [5.41, 5.74) is 2.86. The summed E-state index contributed by atoms with van der Waals surface area (Å²) in [6.45, 7) is 3.98. The van der Waals surface area contributed by atoms with Gasteiger partial charge in [-0.15, -0.1) is 0 Å². The van der Waals surface area contributed by atoms with Crippen molar-refractivity contribution in [2.75, 3.05) is 36.5 Å². The minimum Gasteiger partial charge on any atom is -0.372 e. The summed E-state index contributed by atoms with van der Waals surface area (Å²) in [6.07, 6.45) is 1.53. The number of anilines is 2. The number of nitriles is 1. The molecule has 0 spiro atoms. The average molecular weight is 797 g/mol. The van der Waals surface area contributed by atoms with E-state index in [9.17, 15) is 37.1 Å². The Morgan fingerprint density at radius 2 is 1.57 bits per heavy atom. The van der Waals surface area contributed by atoms with E-state index in [1.165, 1.54) is 12.3 Å². The Balaban J connectivity index is 0.784. The van der Waals surface area contributed by atoms with Crippen LogP contribution in [0.2, 0.25) is 0 Å². The van der Waals surface area contributed by atoms with Gasteiger partial charge in [0.15, 0.2) is 5.69 Å². The first kappa shape index (κ1) is 39.0. The van der Waals surface area contributed by atoms with Gasteiger partial charge in [0.1, 0.15) is 12.1 Å². The molecular formula is C42H43F3N8O5. The predicted molar refractivity (Wildman–Crippen MR) is 204 cm³/mol. The molecule has 13 nitrogen and oxygen atoms in total. The quantitative estimate of drug-likeness (QED) is 0.304. The maximum atomic E-state index is 13.5. The molecule has 4 aliphatic heterocycles. The molecule has 16 heteroatoms. The van der Waals surface area contributed by atoms with Crippen molar-refractivity contribution in [1.29, 1.82) is 5.26 Å². The molecule has 3 fully saturated rings. The van der Waals surface area contributed by atoms with Crippen molar-refractivity contribution < 1.29 is 37.1 Å². The standard InChI is InChI=1S/C42H43F3N8O5/c1-50(31-18-34(42(43,44)45)35(19-46)47-20-31)29-8-4-28(5-9-29)48-38(55)25-2-6-30(7-3-25)52-14-12-24(13-15-52)21-51-22-26-16-32-33(17-27(26)23-51)41(58)53(40(32)57)36-10-11-37(54)49-39(36)56/h2-3,6-7,16-18,20,24,28-29,36H,4-5,8-15,21-23H2,1H3,(H,48,55)(H,49,54,56). The van der Waals surface area contributed by atoms with E-state index in [0.29, 0.717) is 67.1 Å². The summed E-state index contributed by atoms with van der Waals surface area (Å²) in [5.74, 6) is -1.69. The second-order valence-electron chi connectivity index (χ2n) is 16.0. The second kappa shape index (κ2) is 15.5. The van der Waals surface area contributed by atoms with E-state index in [4.69, 9.17) is 5.26 Å². The lowest BCUT2D eigenvalue weighted by molar-refractivity contribution is -0.138. The van der Waals surface area contributed by atoms with E-state index in [2.05, 4.69) is 25.4 Å². The van der Waals surface area contributed by atoms with Crippen molar-refractivity contribution in [3.63, 3.8) is 0 Å². The fourth-order valence-electron chi connectivity index (χ4n) is 9.17. The first-order chi connectivity index (χ1) is 27.8. The van der Waals surface area contributed by atoms with Crippen molar-refractivity contribution in [2.24, 2.45) is 5.92 Å². The fraction of sp³-hybridized carbons (Fsp3) is 0.452. The molecule has 2 N–H and O–H groups in total. The van der Waals surface area contributed by atoms with Gasteiger partial charge in [0, 0.05) is 69.5 Å². The SMILES string of the molecule is CN(c1cnc(C#N)c(C(F)(F)F)c1)C1CCC(NC(=O)c2ccc(N3CCC(CN4Cc5cc6c(cc5C4)C(=O)N(C4CCC(=O)NC4=O)C6=O)CC3)cc2)CC1. The van der Waals surface area contributed by atoms with Crippen LogP contribution in [0.15, 0.2) is 48.7 Å².